The van der Waals surface area contributed by atoms with Gasteiger partial charge in [-0.2, -0.15) is 0 Å². The van der Waals surface area contributed by atoms with Crippen LogP contribution < -0.4 is 5.32 Å². The third-order valence-electron chi connectivity index (χ3n) is 4.87. The molecule has 21 heavy (non-hydrogen) atoms. The summed E-state index contributed by atoms with van der Waals surface area (Å²) in [6.07, 6.45) is 7.77. The van der Waals surface area contributed by atoms with Gasteiger partial charge >= 0.3 is 0 Å². The van der Waals surface area contributed by atoms with Crippen LogP contribution in [0.2, 0.25) is 5.02 Å². The van der Waals surface area contributed by atoms with Gasteiger partial charge < -0.3 is 5.32 Å². The minimum absolute atomic E-state index is 0.651. The zero-order valence-corrected chi connectivity index (χ0v) is 12.9. The highest BCUT2D eigenvalue weighted by Gasteiger charge is 2.22. The van der Waals surface area contributed by atoms with E-state index in [-0.39, 0.29) is 0 Å². The van der Waals surface area contributed by atoms with E-state index in [0.29, 0.717) is 6.04 Å². The van der Waals surface area contributed by atoms with Crippen molar-refractivity contribution in [3.05, 3.63) is 52.5 Å². The lowest BCUT2D eigenvalue weighted by Gasteiger charge is -2.25. The summed E-state index contributed by atoms with van der Waals surface area (Å²) in [5.74, 6) is 0. The molecule has 2 aromatic carbocycles. The van der Waals surface area contributed by atoms with E-state index in [4.69, 9.17) is 11.6 Å². The van der Waals surface area contributed by atoms with Gasteiger partial charge in [0.2, 0.25) is 0 Å². The van der Waals surface area contributed by atoms with Crippen molar-refractivity contribution in [2.75, 3.05) is 5.32 Å². The van der Waals surface area contributed by atoms with E-state index >= 15 is 0 Å². The quantitative estimate of drug-likeness (QED) is 0.644. The summed E-state index contributed by atoms with van der Waals surface area (Å²) >= 11 is 6.17. The Bertz CT molecular complexity index is 671. The monoisotopic (exact) mass is 297 g/mol. The van der Waals surface area contributed by atoms with Crippen LogP contribution >= 0.6 is 11.6 Å². The minimum atomic E-state index is 0.651. The molecule has 1 N–H and O–H groups in total. The van der Waals surface area contributed by atoms with Gasteiger partial charge in [0.25, 0.3) is 0 Å². The van der Waals surface area contributed by atoms with Crippen molar-refractivity contribution in [2.45, 2.75) is 44.6 Å². The maximum Gasteiger partial charge on any atom is 0.0412 e. The van der Waals surface area contributed by atoms with Crippen molar-refractivity contribution in [3.63, 3.8) is 0 Å². The van der Waals surface area contributed by atoms with Crippen LogP contribution in [0.4, 0.5) is 5.69 Å². The van der Waals surface area contributed by atoms with E-state index in [1.807, 2.05) is 6.07 Å². The Balaban J connectivity index is 1.68. The van der Waals surface area contributed by atoms with Crippen molar-refractivity contribution in [2.24, 2.45) is 0 Å². The molecule has 0 aromatic heterocycles. The van der Waals surface area contributed by atoms with Gasteiger partial charge in [-0.25, -0.2) is 0 Å². The maximum atomic E-state index is 6.17. The lowest BCUT2D eigenvalue weighted by atomic mass is 9.94. The summed E-state index contributed by atoms with van der Waals surface area (Å²) in [5, 5.41) is 4.62. The smallest absolute Gasteiger partial charge is 0.0412 e. The molecular formula is C19H20ClN. The van der Waals surface area contributed by atoms with Crippen LogP contribution in [0, 0.1) is 0 Å². The van der Waals surface area contributed by atoms with E-state index < -0.39 is 0 Å². The molecule has 0 radical (unpaired) electrons. The van der Waals surface area contributed by atoms with Crippen LogP contribution in [0.5, 0.6) is 0 Å². The van der Waals surface area contributed by atoms with Crippen LogP contribution in [-0.2, 0) is 6.42 Å². The molecule has 2 aliphatic rings. The minimum Gasteiger partial charge on any atom is -0.382 e. The highest BCUT2D eigenvalue weighted by Crippen LogP contribution is 2.41. The molecule has 0 aliphatic heterocycles. The molecule has 0 atom stereocenters. The Hall–Kier alpha value is -1.47. The number of halogens is 1. The van der Waals surface area contributed by atoms with Crippen LogP contribution in [0.1, 0.15) is 43.2 Å². The Labute approximate surface area is 131 Å². The SMILES string of the molecule is Clc1ccc2c(c1)-c1cccc(NC3CCCCC3)c1C2. The average Bonchev–Trinajstić information content (AvgIpc) is 2.88. The van der Waals surface area contributed by atoms with Crippen molar-refractivity contribution < 1.29 is 0 Å². The highest BCUT2D eigenvalue weighted by atomic mass is 35.5. The third-order valence-corrected chi connectivity index (χ3v) is 5.11. The van der Waals surface area contributed by atoms with E-state index in [1.54, 1.807) is 0 Å². The predicted octanol–water partition coefficient (Wildman–Crippen LogP) is 5.66. The molecule has 4 rings (SSSR count). The van der Waals surface area contributed by atoms with Crippen LogP contribution in [-0.4, -0.2) is 6.04 Å². The number of hydrogen-bond donors (Lipinski definition) is 1. The lowest BCUT2D eigenvalue weighted by Crippen LogP contribution is -2.22. The van der Waals surface area contributed by atoms with Gasteiger partial charge in [0, 0.05) is 23.2 Å². The number of hydrogen-bond acceptors (Lipinski definition) is 1. The second-order valence-corrected chi connectivity index (χ2v) is 6.73. The zero-order chi connectivity index (χ0) is 14.2. The number of anilines is 1. The fourth-order valence-corrected chi connectivity index (χ4v) is 3.95. The fourth-order valence-electron chi connectivity index (χ4n) is 3.78. The largest absolute Gasteiger partial charge is 0.382 e. The van der Waals surface area contributed by atoms with E-state index in [1.165, 1.54) is 60.0 Å². The molecule has 0 bridgehead atoms. The van der Waals surface area contributed by atoms with Crippen LogP contribution in [0.3, 0.4) is 0 Å². The van der Waals surface area contributed by atoms with E-state index in [9.17, 15) is 0 Å². The molecule has 2 aromatic rings. The summed E-state index contributed by atoms with van der Waals surface area (Å²) in [4.78, 5) is 0. The third kappa shape index (κ3) is 2.44. The summed E-state index contributed by atoms with van der Waals surface area (Å²) < 4.78 is 0. The van der Waals surface area contributed by atoms with Gasteiger partial charge in [-0.05, 0) is 53.3 Å². The number of nitrogens with one attached hydrogen (secondary N) is 1. The maximum absolute atomic E-state index is 6.17. The standard InChI is InChI=1S/C19H20ClN/c20-14-10-9-13-11-18-16(17(13)12-14)7-4-8-19(18)21-15-5-2-1-3-6-15/h4,7-10,12,15,21H,1-3,5-6,11H2. The van der Waals surface area contributed by atoms with Gasteiger partial charge in [0.15, 0.2) is 0 Å². The Morgan fingerprint density at radius 1 is 0.952 bits per heavy atom. The molecule has 0 amide bonds. The summed E-state index contributed by atoms with van der Waals surface area (Å²) in [6, 6.07) is 13.6. The van der Waals surface area contributed by atoms with Gasteiger partial charge in [-0.15, -0.1) is 0 Å². The van der Waals surface area contributed by atoms with Crippen LogP contribution in [0.15, 0.2) is 36.4 Å². The van der Waals surface area contributed by atoms with Crippen molar-refractivity contribution in [1.29, 1.82) is 0 Å². The Kier molecular flexibility index (Phi) is 3.39. The first-order valence-electron chi connectivity index (χ1n) is 7.98. The lowest BCUT2D eigenvalue weighted by molar-refractivity contribution is 0.462. The van der Waals surface area contributed by atoms with Crippen LogP contribution in [0.25, 0.3) is 11.1 Å². The first-order valence-corrected chi connectivity index (χ1v) is 8.36. The zero-order valence-electron chi connectivity index (χ0n) is 12.2. The molecule has 2 heteroatoms. The van der Waals surface area contributed by atoms with E-state index in [2.05, 4.69) is 35.6 Å². The molecule has 108 valence electrons. The fraction of sp³-hybridized carbons (Fsp3) is 0.368. The molecule has 0 heterocycles. The second kappa shape index (κ2) is 5.38. The van der Waals surface area contributed by atoms with Crippen molar-refractivity contribution in [3.8, 4) is 11.1 Å². The van der Waals surface area contributed by atoms with Gasteiger partial charge in [0.05, 0.1) is 0 Å². The summed E-state index contributed by atoms with van der Waals surface area (Å²) in [6.45, 7) is 0. The Morgan fingerprint density at radius 3 is 2.67 bits per heavy atom. The molecule has 2 aliphatic carbocycles. The topological polar surface area (TPSA) is 12.0 Å². The first-order chi connectivity index (χ1) is 10.3. The molecule has 0 spiro atoms. The van der Waals surface area contributed by atoms with Crippen molar-refractivity contribution >= 4 is 17.3 Å². The number of benzene rings is 2. The van der Waals surface area contributed by atoms with E-state index in [0.717, 1.165) is 11.4 Å². The average molecular weight is 298 g/mol. The second-order valence-electron chi connectivity index (χ2n) is 6.29. The molecule has 0 unspecified atom stereocenters. The van der Waals surface area contributed by atoms with Crippen molar-refractivity contribution in [1.82, 2.24) is 0 Å². The highest BCUT2D eigenvalue weighted by molar-refractivity contribution is 6.31. The summed E-state index contributed by atoms with van der Waals surface area (Å²) in [5.41, 5.74) is 6.83. The molecular weight excluding hydrogens is 278 g/mol. The normalized spacial score (nSPS) is 17.4. The first kappa shape index (κ1) is 13.2. The predicted molar refractivity (Wildman–Crippen MR) is 90.2 cm³/mol. The van der Waals surface area contributed by atoms with Gasteiger partial charge in [-0.1, -0.05) is 49.1 Å². The molecule has 0 saturated heterocycles. The van der Waals surface area contributed by atoms with Gasteiger partial charge in [0.1, 0.15) is 0 Å². The number of rotatable bonds is 2. The molecule has 1 nitrogen and oxygen atoms in total. The molecule has 1 fully saturated rings. The molecule has 1 saturated carbocycles. The Morgan fingerprint density at radius 2 is 1.81 bits per heavy atom. The number of fused-ring (bicyclic) bond motifs is 3. The van der Waals surface area contributed by atoms with Gasteiger partial charge in [-0.3, -0.25) is 0 Å². The summed E-state index contributed by atoms with van der Waals surface area (Å²) in [7, 11) is 0.